The summed E-state index contributed by atoms with van der Waals surface area (Å²) in [4.78, 5) is 31.9. The second-order valence-electron chi connectivity index (χ2n) is 9.61. The van der Waals surface area contributed by atoms with E-state index in [1.165, 1.54) is 11.3 Å². The van der Waals surface area contributed by atoms with Crippen LogP contribution in [0, 0.1) is 13.8 Å². The molecule has 5 rings (SSSR count). The van der Waals surface area contributed by atoms with Crippen LogP contribution in [-0.2, 0) is 4.74 Å². The largest absolute Gasteiger partial charge is 0.491 e. The summed E-state index contributed by atoms with van der Waals surface area (Å²) in [7, 11) is 1.61. The number of amides is 1. The molecular formula is C26H34N6O4S. The first kappa shape index (κ1) is 25.6. The highest BCUT2D eigenvalue weighted by Crippen LogP contribution is 2.43. The van der Waals surface area contributed by atoms with Crippen LogP contribution in [0.3, 0.4) is 0 Å². The number of methoxy groups -OCH3 is 1. The topological polar surface area (TPSA) is 101 Å². The van der Waals surface area contributed by atoms with Gasteiger partial charge in [-0.3, -0.25) is 24.9 Å². The Balaban J connectivity index is 1.33. The standard InChI is InChI=1S/C26H34N6O4S/c1-15-13-31(14-16(2)36-15)10-6-12-35-20-8-7-19-21(22(20)34-5)29-26(32-11-9-27-24(19)32)30-25(33)23-17(3)28-18(4)37-23/h7-8,15-16H,6,9-14H2,1-5H3,(H,29,30,33)/t15-,16+. The molecule has 10 nitrogen and oxygen atoms in total. The van der Waals surface area contributed by atoms with Crippen molar-refractivity contribution in [1.29, 1.82) is 0 Å². The smallest absolute Gasteiger partial charge is 0.269 e. The molecule has 11 heteroatoms. The van der Waals surface area contributed by atoms with Gasteiger partial charge in [0, 0.05) is 31.7 Å². The van der Waals surface area contributed by atoms with Crippen LogP contribution in [0.1, 0.15) is 46.2 Å². The molecule has 1 fully saturated rings. The normalized spacial score (nSPS) is 21.2. The van der Waals surface area contributed by atoms with Gasteiger partial charge in [-0.1, -0.05) is 0 Å². The van der Waals surface area contributed by atoms with E-state index in [9.17, 15) is 4.79 Å². The summed E-state index contributed by atoms with van der Waals surface area (Å²) in [5, 5.41) is 3.83. The number of ether oxygens (including phenoxy) is 3. The summed E-state index contributed by atoms with van der Waals surface area (Å²) in [6, 6.07) is 3.88. The number of hydrogen-bond acceptors (Lipinski definition) is 10. The molecule has 0 bridgehead atoms. The van der Waals surface area contributed by atoms with E-state index in [-0.39, 0.29) is 18.1 Å². The molecule has 3 aliphatic heterocycles. The lowest BCUT2D eigenvalue weighted by Gasteiger charge is -2.35. The number of aryl methyl sites for hydroxylation is 2. The van der Waals surface area contributed by atoms with Gasteiger partial charge in [-0.15, -0.1) is 11.3 Å². The molecule has 198 valence electrons. The number of amidine groups is 1. The molecule has 3 aliphatic rings. The third-order valence-corrected chi connectivity index (χ3v) is 7.63. The molecule has 1 aromatic heterocycles. The van der Waals surface area contributed by atoms with Gasteiger partial charge < -0.3 is 14.2 Å². The minimum Gasteiger partial charge on any atom is -0.491 e. The Bertz CT molecular complexity index is 1230. The molecule has 1 aromatic carbocycles. The van der Waals surface area contributed by atoms with Crippen molar-refractivity contribution in [3.05, 3.63) is 33.3 Å². The molecule has 0 saturated carbocycles. The second kappa shape index (κ2) is 10.8. The highest BCUT2D eigenvalue weighted by Gasteiger charge is 2.34. The predicted octanol–water partition coefficient (Wildman–Crippen LogP) is 3.14. The van der Waals surface area contributed by atoms with Crippen LogP contribution >= 0.6 is 11.3 Å². The summed E-state index contributed by atoms with van der Waals surface area (Å²) in [6.07, 6.45) is 1.39. The second-order valence-corrected chi connectivity index (χ2v) is 10.8. The van der Waals surface area contributed by atoms with Gasteiger partial charge in [0.25, 0.3) is 5.91 Å². The van der Waals surface area contributed by atoms with Gasteiger partial charge in [0.1, 0.15) is 16.4 Å². The number of aliphatic imine (C=N–C) groups is 2. The zero-order valence-corrected chi connectivity index (χ0v) is 22.9. The number of nitrogens with one attached hydrogen (secondary N) is 1. The maximum Gasteiger partial charge on any atom is 0.269 e. The SMILES string of the molecule is COc1c(OCCCN2C[C@@H](C)O[C@@H](C)C2)ccc2c1N=C(NC(=O)c1sc(C)nc1C)N1CCN=C21. The van der Waals surface area contributed by atoms with E-state index in [1.54, 1.807) is 7.11 Å². The summed E-state index contributed by atoms with van der Waals surface area (Å²) in [5.41, 5.74) is 2.18. The number of hydrogen-bond donors (Lipinski definition) is 1. The number of fused-ring (bicyclic) bond motifs is 3. The fraction of sp³-hybridized carbons (Fsp3) is 0.538. The van der Waals surface area contributed by atoms with Gasteiger partial charge >= 0.3 is 0 Å². The van der Waals surface area contributed by atoms with Gasteiger partial charge in [0.15, 0.2) is 11.5 Å². The predicted molar refractivity (Wildman–Crippen MR) is 144 cm³/mol. The molecule has 2 atom stereocenters. The van der Waals surface area contributed by atoms with Crippen LogP contribution in [0.5, 0.6) is 11.5 Å². The summed E-state index contributed by atoms with van der Waals surface area (Å²) >= 11 is 1.37. The van der Waals surface area contributed by atoms with E-state index in [1.807, 2.05) is 30.9 Å². The monoisotopic (exact) mass is 526 g/mol. The van der Waals surface area contributed by atoms with Crippen LogP contribution in [0.4, 0.5) is 5.69 Å². The summed E-state index contributed by atoms with van der Waals surface area (Å²) in [6.45, 7) is 12.6. The number of thiazole rings is 1. The molecular weight excluding hydrogens is 492 g/mol. The van der Waals surface area contributed by atoms with Gasteiger partial charge in [-0.05, 0) is 46.2 Å². The molecule has 37 heavy (non-hydrogen) atoms. The first-order chi connectivity index (χ1) is 17.8. The number of nitrogens with zero attached hydrogens (tertiary/aromatic N) is 5. The number of guanidine groups is 1. The Morgan fingerprint density at radius 1 is 1.24 bits per heavy atom. The molecule has 0 aliphatic carbocycles. The fourth-order valence-electron chi connectivity index (χ4n) is 5.14. The van der Waals surface area contributed by atoms with Crippen molar-refractivity contribution in [2.75, 3.05) is 46.4 Å². The molecule has 2 aromatic rings. The van der Waals surface area contributed by atoms with Gasteiger partial charge in [0.05, 0.1) is 43.2 Å². The number of carbonyl (C=O) groups excluding carboxylic acids is 1. The van der Waals surface area contributed by atoms with E-state index in [0.29, 0.717) is 53.4 Å². The van der Waals surface area contributed by atoms with Gasteiger partial charge in [-0.25, -0.2) is 9.98 Å². The van der Waals surface area contributed by atoms with Crippen molar-refractivity contribution in [1.82, 2.24) is 20.1 Å². The van der Waals surface area contributed by atoms with Crippen molar-refractivity contribution < 1.29 is 19.0 Å². The van der Waals surface area contributed by atoms with Crippen LogP contribution in [0.25, 0.3) is 0 Å². The Morgan fingerprint density at radius 3 is 2.73 bits per heavy atom. The highest BCUT2D eigenvalue weighted by atomic mass is 32.1. The van der Waals surface area contributed by atoms with Crippen molar-refractivity contribution in [3.8, 4) is 11.5 Å². The summed E-state index contributed by atoms with van der Waals surface area (Å²) in [5.74, 6) is 2.15. The Morgan fingerprint density at radius 2 is 2.03 bits per heavy atom. The van der Waals surface area contributed by atoms with Crippen LogP contribution in [0.2, 0.25) is 0 Å². The number of morpholine rings is 1. The zero-order valence-electron chi connectivity index (χ0n) is 22.0. The van der Waals surface area contributed by atoms with Crippen molar-refractivity contribution in [3.63, 3.8) is 0 Å². The van der Waals surface area contributed by atoms with Crippen molar-refractivity contribution >= 4 is 34.7 Å². The number of benzene rings is 1. The molecule has 0 spiro atoms. The van der Waals surface area contributed by atoms with E-state index in [4.69, 9.17) is 19.2 Å². The van der Waals surface area contributed by atoms with Crippen molar-refractivity contribution in [2.45, 2.75) is 46.3 Å². The van der Waals surface area contributed by atoms with Gasteiger partial charge in [0.2, 0.25) is 5.96 Å². The lowest BCUT2D eigenvalue weighted by molar-refractivity contribution is -0.0686. The van der Waals surface area contributed by atoms with E-state index < -0.39 is 0 Å². The van der Waals surface area contributed by atoms with Crippen LogP contribution in [-0.4, -0.2) is 91.1 Å². The van der Waals surface area contributed by atoms with E-state index >= 15 is 0 Å². The third kappa shape index (κ3) is 5.34. The zero-order chi connectivity index (χ0) is 26.1. The first-order valence-corrected chi connectivity index (χ1v) is 13.5. The fourth-order valence-corrected chi connectivity index (χ4v) is 5.95. The lowest BCUT2D eigenvalue weighted by Crippen LogP contribution is -2.47. The van der Waals surface area contributed by atoms with E-state index in [2.05, 4.69) is 34.0 Å². The maximum absolute atomic E-state index is 13.1. The number of rotatable bonds is 7. The Kier molecular flexibility index (Phi) is 7.45. The average molecular weight is 527 g/mol. The van der Waals surface area contributed by atoms with Crippen LogP contribution < -0.4 is 14.8 Å². The molecule has 4 heterocycles. The Hall–Kier alpha value is -3.02. The molecule has 0 radical (unpaired) electrons. The van der Waals surface area contributed by atoms with E-state index in [0.717, 1.165) is 42.5 Å². The van der Waals surface area contributed by atoms with Crippen molar-refractivity contribution in [2.24, 2.45) is 9.98 Å². The molecule has 1 N–H and O–H groups in total. The molecule has 0 unspecified atom stereocenters. The molecule has 1 amide bonds. The minimum atomic E-state index is -0.227. The summed E-state index contributed by atoms with van der Waals surface area (Å²) < 4.78 is 17.8. The van der Waals surface area contributed by atoms with Gasteiger partial charge in [-0.2, -0.15) is 0 Å². The highest BCUT2D eigenvalue weighted by molar-refractivity contribution is 7.13. The van der Waals surface area contributed by atoms with Crippen LogP contribution in [0.15, 0.2) is 22.1 Å². The maximum atomic E-state index is 13.1. The lowest BCUT2D eigenvalue weighted by atomic mass is 10.1. The minimum absolute atomic E-state index is 0.227. The Labute approximate surface area is 221 Å². The average Bonchev–Trinajstić information content (AvgIpc) is 3.47. The third-order valence-electron chi connectivity index (χ3n) is 6.56. The number of carbonyl (C=O) groups is 1. The molecule has 1 saturated heterocycles. The first-order valence-electron chi connectivity index (χ1n) is 12.7. The number of aromatic nitrogens is 1. The quantitative estimate of drug-likeness (QED) is 0.553.